The van der Waals surface area contributed by atoms with Gasteiger partial charge in [-0.15, -0.1) is 0 Å². The fraction of sp³-hybridized carbons (Fsp3) is 0.0508. The van der Waals surface area contributed by atoms with Crippen molar-refractivity contribution in [1.29, 1.82) is 0 Å². The fourth-order valence-corrected chi connectivity index (χ4v) is 11.2. The molecule has 286 valence electrons. The Bertz CT molecular complexity index is 3620. The van der Waals surface area contributed by atoms with Gasteiger partial charge in [-0.05, 0) is 146 Å². The molecule has 2 aliphatic carbocycles. The Hall–Kier alpha value is -7.52. The minimum atomic E-state index is -0.518. The highest BCUT2D eigenvalue weighted by molar-refractivity contribution is 6.26. The molecule has 0 saturated carbocycles. The Morgan fingerprint density at radius 2 is 0.787 bits per heavy atom. The van der Waals surface area contributed by atoms with E-state index in [4.69, 9.17) is 5.73 Å². The lowest BCUT2D eigenvalue weighted by Crippen LogP contribution is -2.27. The van der Waals surface area contributed by atoms with Gasteiger partial charge in [0.05, 0.1) is 17.5 Å². The van der Waals surface area contributed by atoms with Gasteiger partial charge in [0.15, 0.2) is 0 Å². The molecule has 61 heavy (non-hydrogen) atoms. The second-order valence-electron chi connectivity index (χ2n) is 17.0. The second-order valence-corrected chi connectivity index (χ2v) is 17.0. The number of hydrogen-bond acceptors (Lipinski definition) is 2. The van der Waals surface area contributed by atoms with E-state index in [1.807, 2.05) is 0 Å². The number of anilines is 1. The van der Waals surface area contributed by atoms with E-state index in [1.54, 1.807) is 0 Å². The number of benzene rings is 11. The van der Waals surface area contributed by atoms with Crippen LogP contribution in [0.2, 0.25) is 0 Å². The fourth-order valence-electron chi connectivity index (χ4n) is 11.2. The standard InChI is InChI=1S/C59H40N2/c60-57(40-27-25-36-13-1-3-15-38(36)31-40)58(41-28-26-37-14-2-4-16-39(37)32-41)61-42-29-30-49-47-21-9-11-23-53(47)59(55(49)33-42)54-24-12-10-22-48(54)52-34-50-45-19-7-5-17-43(45)44-18-6-8-20-46(44)51(50)35-56(52)59/h1-35,57-58,61H,60H2/t57?,58-,59?/m0/s1. The van der Waals surface area contributed by atoms with Crippen LogP contribution in [-0.2, 0) is 5.41 Å². The van der Waals surface area contributed by atoms with E-state index in [9.17, 15) is 0 Å². The van der Waals surface area contributed by atoms with Crippen molar-refractivity contribution in [2.24, 2.45) is 5.73 Å². The van der Waals surface area contributed by atoms with Crippen LogP contribution < -0.4 is 11.1 Å². The third kappa shape index (κ3) is 4.88. The maximum atomic E-state index is 7.45. The summed E-state index contributed by atoms with van der Waals surface area (Å²) >= 11 is 0. The van der Waals surface area contributed by atoms with Crippen molar-refractivity contribution in [2.75, 3.05) is 5.32 Å². The van der Waals surface area contributed by atoms with Gasteiger partial charge in [0, 0.05) is 5.69 Å². The summed E-state index contributed by atoms with van der Waals surface area (Å²) in [7, 11) is 0. The molecular formula is C59H40N2. The molecule has 2 aliphatic rings. The van der Waals surface area contributed by atoms with E-state index in [0.29, 0.717) is 0 Å². The van der Waals surface area contributed by atoms with Crippen molar-refractivity contribution in [3.05, 3.63) is 246 Å². The third-order valence-corrected chi connectivity index (χ3v) is 13.9. The van der Waals surface area contributed by atoms with Gasteiger partial charge in [-0.25, -0.2) is 0 Å². The van der Waals surface area contributed by atoms with E-state index in [2.05, 4.69) is 218 Å². The molecule has 0 bridgehead atoms. The molecule has 0 saturated heterocycles. The first-order chi connectivity index (χ1) is 30.1. The Kier molecular flexibility index (Phi) is 7.31. The lowest BCUT2D eigenvalue weighted by molar-refractivity contribution is 0.611. The first-order valence-corrected chi connectivity index (χ1v) is 21.4. The van der Waals surface area contributed by atoms with Crippen molar-refractivity contribution in [1.82, 2.24) is 0 Å². The molecule has 2 nitrogen and oxygen atoms in total. The van der Waals surface area contributed by atoms with Crippen molar-refractivity contribution >= 4 is 59.5 Å². The van der Waals surface area contributed by atoms with Gasteiger partial charge in [-0.2, -0.15) is 0 Å². The Labute approximate surface area is 354 Å². The van der Waals surface area contributed by atoms with E-state index in [0.717, 1.165) is 16.8 Å². The molecule has 3 atom stereocenters. The lowest BCUT2D eigenvalue weighted by Gasteiger charge is -2.32. The average molecular weight is 777 g/mol. The van der Waals surface area contributed by atoms with Crippen molar-refractivity contribution < 1.29 is 0 Å². The molecule has 0 aliphatic heterocycles. The average Bonchev–Trinajstić information content (AvgIpc) is 3.78. The SMILES string of the molecule is NC(c1ccc2ccccc2c1)[C@@H](Nc1ccc2c(c1)C1(c3ccccc3-2)c2ccccc2-c2cc3c4ccccc4c4ccccc4c3cc21)c1ccc2ccccc2c1. The Morgan fingerprint density at radius 3 is 1.43 bits per heavy atom. The number of nitrogens with one attached hydrogen (secondary N) is 1. The normalized spacial score (nSPS) is 15.9. The molecule has 2 heteroatoms. The van der Waals surface area contributed by atoms with Crippen LogP contribution in [0.1, 0.15) is 45.5 Å². The largest absolute Gasteiger partial charge is 0.376 e. The van der Waals surface area contributed by atoms with Gasteiger partial charge in [0.25, 0.3) is 0 Å². The predicted molar refractivity (Wildman–Crippen MR) is 256 cm³/mol. The van der Waals surface area contributed by atoms with Crippen LogP contribution in [0, 0.1) is 0 Å². The van der Waals surface area contributed by atoms with Crippen LogP contribution in [-0.4, -0.2) is 0 Å². The quantitative estimate of drug-likeness (QED) is 0.171. The summed E-state index contributed by atoms with van der Waals surface area (Å²) in [5.41, 5.74) is 20.7. The van der Waals surface area contributed by atoms with Gasteiger partial charge < -0.3 is 11.1 Å². The van der Waals surface area contributed by atoms with E-state index in [1.165, 1.54) is 98.4 Å². The topological polar surface area (TPSA) is 38.0 Å². The summed E-state index contributed by atoms with van der Waals surface area (Å²) < 4.78 is 0. The molecule has 11 aromatic carbocycles. The van der Waals surface area contributed by atoms with Crippen LogP contribution in [0.3, 0.4) is 0 Å². The zero-order valence-corrected chi connectivity index (χ0v) is 33.4. The number of rotatable bonds is 5. The van der Waals surface area contributed by atoms with Crippen LogP contribution >= 0.6 is 0 Å². The Morgan fingerprint density at radius 1 is 0.328 bits per heavy atom. The molecular weight excluding hydrogens is 737 g/mol. The summed E-state index contributed by atoms with van der Waals surface area (Å²) in [6.07, 6.45) is 0. The monoisotopic (exact) mass is 776 g/mol. The minimum absolute atomic E-state index is 0.213. The molecule has 0 heterocycles. The van der Waals surface area contributed by atoms with Crippen LogP contribution in [0.15, 0.2) is 212 Å². The van der Waals surface area contributed by atoms with Gasteiger partial charge in [0.1, 0.15) is 0 Å². The van der Waals surface area contributed by atoms with Gasteiger partial charge in [0.2, 0.25) is 0 Å². The van der Waals surface area contributed by atoms with Crippen molar-refractivity contribution in [3.8, 4) is 22.3 Å². The maximum absolute atomic E-state index is 7.45. The van der Waals surface area contributed by atoms with E-state index >= 15 is 0 Å². The maximum Gasteiger partial charge on any atom is 0.0726 e. The van der Waals surface area contributed by atoms with E-state index in [-0.39, 0.29) is 12.1 Å². The molecule has 1 spiro atoms. The molecule has 11 aromatic rings. The summed E-state index contributed by atoms with van der Waals surface area (Å²) in [6.45, 7) is 0. The highest BCUT2D eigenvalue weighted by Gasteiger charge is 2.52. The zero-order valence-electron chi connectivity index (χ0n) is 33.4. The highest BCUT2D eigenvalue weighted by atomic mass is 15.0. The Balaban J connectivity index is 1.04. The minimum Gasteiger partial charge on any atom is -0.376 e. The molecule has 3 N–H and O–H groups in total. The van der Waals surface area contributed by atoms with Crippen LogP contribution in [0.4, 0.5) is 5.69 Å². The molecule has 2 unspecified atom stereocenters. The molecule has 13 rings (SSSR count). The van der Waals surface area contributed by atoms with Crippen molar-refractivity contribution in [2.45, 2.75) is 17.5 Å². The molecule has 0 amide bonds. The smallest absolute Gasteiger partial charge is 0.0726 e. The van der Waals surface area contributed by atoms with Crippen LogP contribution in [0.5, 0.6) is 0 Å². The van der Waals surface area contributed by atoms with Gasteiger partial charge in [-0.1, -0.05) is 176 Å². The summed E-state index contributed by atoms with van der Waals surface area (Å²) in [4.78, 5) is 0. The zero-order chi connectivity index (χ0) is 40.2. The summed E-state index contributed by atoms with van der Waals surface area (Å²) in [6, 6.07) is 78.1. The molecule has 0 radical (unpaired) electrons. The summed E-state index contributed by atoms with van der Waals surface area (Å²) in [5, 5.41) is 16.6. The first kappa shape index (κ1) is 34.4. The number of hydrogen-bond donors (Lipinski definition) is 2. The highest BCUT2D eigenvalue weighted by Crippen LogP contribution is 2.64. The first-order valence-electron chi connectivity index (χ1n) is 21.4. The molecule has 0 aromatic heterocycles. The predicted octanol–water partition coefficient (Wildman–Crippen LogP) is 14.6. The van der Waals surface area contributed by atoms with Gasteiger partial charge in [-0.3, -0.25) is 0 Å². The summed E-state index contributed by atoms with van der Waals surface area (Å²) in [5.74, 6) is 0. The molecule has 0 fully saturated rings. The lowest BCUT2D eigenvalue weighted by atomic mass is 9.70. The number of nitrogens with two attached hydrogens (primary N) is 1. The number of fused-ring (bicyclic) bond motifs is 18. The van der Waals surface area contributed by atoms with Crippen molar-refractivity contribution in [3.63, 3.8) is 0 Å². The van der Waals surface area contributed by atoms with E-state index < -0.39 is 5.41 Å². The third-order valence-electron chi connectivity index (χ3n) is 13.9. The second kappa shape index (κ2) is 13.0. The van der Waals surface area contributed by atoms with Crippen LogP contribution in [0.25, 0.3) is 76.1 Å². The van der Waals surface area contributed by atoms with Gasteiger partial charge >= 0.3 is 0 Å².